The van der Waals surface area contributed by atoms with E-state index in [0.717, 1.165) is 15.8 Å². The minimum absolute atomic E-state index is 0.0238. The molecule has 0 bridgehead atoms. The van der Waals surface area contributed by atoms with Crippen molar-refractivity contribution in [1.82, 2.24) is 4.57 Å². The zero-order valence-electron chi connectivity index (χ0n) is 15.2. The topological polar surface area (TPSA) is 34.4 Å². The van der Waals surface area contributed by atoms with Gasteiger partial charge in [-0.1, -0.05) is 73.4 Å². The van der Waals surface area contributed by atoms with E-state index in [4.69, 9.17) is 29.6 Å². The first-order chi connectivity index (χ1) is 12.7. The minimum Gasteiger partial charge on any atom is -0.303 e. The number of carbonyl (C=O) groups is 1. The quantitative estimate of drug-likeness (QED) is 0.494. The highest BCUT2D eigenvalue weighted by Gasteiger charge is 2.15. The molecule has 0 fully saturated rings. The van der Waals surface area contributed by atoms with Crippen LogP contribution in [0.15, 0.2) is 41.4 Å². The second-order valence-electron chi connectivity index (χ2n) is 7.15. The van der Waals surface area contributed by atoms with E-state index >= 15 is 0 Å². The molecular weight excluding hydrogens is 399 g/mol. The Bertz CT molecular complexity index is 1130. The highest BCUT2D eigenvalue weighted by Crippen LogP contribution is 2.29. The van der Waals surface area contributed by atoms with Gasteiger partial charge in [-0.25, -0.2) is 0 Å². The van der Waals surface area contributed by atoms with Crippen LogP contribution in [0.4, 0.5) is 0 Å². The molecule has 0 saturated carbocycles. The first-order valence-corrected chi connectivity index (χ1v) is 9.89. The summed E-state index contributed by atoms with van der Waals surface area (Å²) < 4.78 is 2.59. The van der Waals surface area contributed by atoms with Crippen molar-refractivity contribution in [3.8, 4) is 12.3 Å². The average Bonchev–Trinajstić information content (AvgIpc) is 2.92. The van der Waals surface area contributed by atoms with Gasteiger partial charge in [0, 0.05) is 10.6 Å². The number of hydrogen-bond acceptors (Lipinski definition) is 2. The lowest BCUT2D eigenvalue weighted by atomic mass is 9.87. The Morgan fingerprint density at radius 1 is 1.22 bits per heavy atom. The van der Waals surface area contributed by atoms with Gasteiger partial charge in [0.05, 0.1) is 21.8 Å². The van der Waals surface area contributed by atoms with Gasteiger partial charge >= 0.3 is 0 Å². The van der Waals surface area contributed by atoms with Crippen LogP contribution >= 0.6 is 34.5 Å². The van der Waals surface area contributed by atoms with Crippen molar-refractivity contribution in [3.63, 3.8) is 0 Å². The van der Waals surface area contributed by atoms with Gasteiger partial charge in [-0.3, -0.25) is 4.79 Å². The molecule has 0 radical (unpaired) electrons. The zero-order valence-corrected chi connectivity index (χ0v) is 17.5. The van der Waals surface area contributed by atoms with E-state index in [1.807, 2.05) is 12.1 Å². The normalized spacial score (nSPS) is 12.4. The third-order valence-electron chi connectivity index (χ3n) is 4.14. The van der Waals surface area contributed by atoms with Crippen molar-refractivity contribution in [2.45, 2.75) is 32.7 Å². The van der Waals surface area contributed by atoms with Crippen molar-refractivity contribution in [3.05, 3.63) is 62.4 Å². The Hall–Kier alpha value is -2.06. The highest BCUT2D eigenvalue weighted by atomic mass is 35.5. The summed E-state index contributed by atoms with van der Waals surface area (Å²) in [4.78, 5) is 17.5. The maximum absolute atomic E-state index is 12.7. The smallest absolute Gasteiger partial charge is 0.279 e. The van der Waals surface area contributed by atoms with Crippen LogP contribution in [0.3, 0.4) is 0 Å². The first kappa shape index (κ1) is 19.7. The number of aromatic nitrogens is 1. The maximum atomic E-state index is 12.7. The Labute approximate surface area is 172 Å². The molecule has 138 valence electrons. The summed E-state index contributed by atoms with van der Waals surface area (Å²) in [5, 5.41) is 1.00. The number of rotatable bonds is 2. The fourth-order valence-electron chi connectivity index (χ4n) is 2.72. The molecule has 0 aliphatic rings. The molecule has 0 aliphatic carbocycles. The number of fused-ring (bicyclic) bond motifs is 1. The third-order valence-corrected chi connectivity index (χ3v) is 5.67. The van der Waals surface area contributed by atoms with E-state index in [1.165, 1.54) is 11.3 Å². The number of halogens is 2. The standard InChI is InChI=1S/C21H18Cl2N2OS/c1-5-10-25-18-16(23)11-15(22)12-17(18)27-20(25)24-19(26)13-6-8-14(9-7-13)21(2,3)4/h1,6-9,11-12H,10H2,2-4H3. The molecule has 3 rings (SSSR count). The average molecular weight is 417 g/mol. The largest absolute Gasteiger partial charge is 0.303 e. The second-order valence-corrected chi connectivity index (χ2v) is 9.01. The van der Waals surface area contributed by atoms with Gasteiger partial charge in [-0.2, -0.15) is 4.99 Å². The predicted octanol–water partition coefficient (Wildman–Crippen LogP) is 5.68. The van der Waals surface area contributed by atoms with E-state index in [9.17, 15) is 4.79 Å². The number of hydrogen-bond donors (Lipinski definition) is 0. The highest BCUT2D eigenvalue weighted by molar-refractivity contribution is 7.16. The molecule has 3 nitrogen and oxygen atoms in total. The molecule has 1 amide bonds. The van der Waals surface area contributed by atoms with Crippen LogP contribution in [0.2, 0.25) is 10.0 Å². The van der Waals surface area contributed by atoms with E-state index in [0.29, 0.717) is 20.4 Å². The number of nitrogens with zero attached hydrogens (tertiary/aromatic N) is 2. The molecule has 0 N–H and O–H groups in total. The second kappa shape index (κ2) is 7.52. The lowest BCUT2D eigenvalue weighted by molar-refractivity contribution is 0.0998. The molecule has 0 unspecified atom stereocenters. The molecule has 2 aromatic carbocycles. The summed E-state index contributed by atoms with van der Waals surface area (Å²) in [6, 6.07) is 11.0. The van der Waals surface area contributed by atoms with Gasteiger partial charge in [0.1, 0.15) is 0 Å². The molecule has 27 heavy (non-hydrogen) atoms. The van der Waals surface area contributed by atoms with Gasteiger partial charge in [-0.15, -0.1) is 6.42 Å². The van der Waals surface area contributed by atoms with E-state index in [1.54, 1.807) is 28.8 Å². The van der Waals surface area contributed by atoms with Crippen molar-refractivity contribution >= 4 is 50.7 Å². The molecule has 0 saturated heterocycles. The first-order valence-electron chi connectivity index (χ1n) is 8.32. The van der Waals surface area contributed by atoms with Crippen molar-refractivity contribution < 1.29 is 4.79 Å². The third kappa shape index (κ3) is 4.11. The summed E-state index contributed by atoms with van der Waals surface area (Å²) in [6.45, 7) is 6.64. The van der Waals surface area contributed by atoms with Crippen LogP contribution in [0.1, 0.15) is 36.7 Å². The van der Waals surface area contributed by atoms with Gasteiger partial charge in [0.2, 0.25) is 0 Å². The van der Waals surface area contributed by atoms with Crippen LogP contribution < -0.4 is 4.80 Å². The summed E-state index contributed by atoms with van der Waals surface area (Å²) in [6.07, 6.45) is 5.50. The molecule has 1 heterocycles. The van der Waals surface area contributed by atoms with Crippen molar-refractivity contribution in [2.24, 2.45) is 4.99 Å². The number of benzene rings is 2. The summed E-state index contributed by atoms with van der Waals surface area (Å²) in [5.74, 6) is 2.26. The number of carbonyl (C=O) groups excluding carboxylic acids is 1. The molecule has 6 heteroatoms. The molecule has 1 aromatic heterocycles. The minimum atomic E-state index is -0.324. The fourth-order valence-corrected chi connectivity index (χ4v) is 4.53. The monoisotopic (exact) mass is 416 g/mol. The van der Waals surface area contributed by atoms with Crippen molar-refractivity contribution in [1.29, 1.82) is 0 Å². The SMILES string of the molecule is C#CCn1c(=NC(=O)c2ccc(C(C)(C)C)cc2)sc2cc(Cl)cc(Cl)c21. The van der Waals surface area contributed by atoms with E-state index in [2.05, 4.69) is 31.7 Å². The van der Waals surface area contributed by atoms with Gasteiger partial charge in [0.25, 0.3) is 5.91 Å². The van der Waals surface area contributed by atoms with Crippen LogP contribution in [-0.4, -0.2) is 10.5 Å². The number of thiazole rings is 1. The number of amides is 1. The summed E-state index contributed by atoms with van der Waals surface area (Å²) >= 11 is 13.8. The fraction of sp³-hybridized carbons (Fsp3) is 0.238. The van der Waals surface area contributed by atoms with Crippen LogP contribution in [0, 0.1) is 12.3 Å². The van der Waals surface area contributed by atoms with Crippen LogP contribution in [0.25, 0.3) is 10.2 Å². The lowest BCUT2D eigenvalue weighted by Crippen LogP contribution is -2.17. The van der Waals surface area contributed by atoms with Crippen LogP contribution in [0.5, 0.6) is 0 Å². The lowest BCUT2D eigenvalue weighted by Gasteiger charge is -2.18. The molecule has 0 aliphatic heterocycles. The van der Waals surface area contributed by atoms with Crippen molar-refractivity contribution in [2.75, 3.05) is 0 Å². The van der Waals surface area contributed by atoms with Crippen LogP contribution in [-0.2, 0) is 12.0 Å². The predicted molar refractivity (Wildman–Crippen MR) is 114 cm³/mol. The molecule has 0 spiro atoms. The molecular formula is C21H18Cl2N2OS. The van der Waals surface area contributed by atoms with Gasteiger partial charge in [-0.05, 0) is 35.2 Å². The summed E-state index contributed by atoms with van der Waals surface area (Å²) in [5.41, 5.74) is 2.44. The molecule has 0 atom stereocenters. The van der Waals surface area contributed by atoms with Gasteiger partial charge < -0.3 is 4.57 Å². The molecule has 3 aromatic rings. The van der Waals surface area contributed by atoms with Gasteiger partial charge in [0.15, 0.2) is 4.80 Å². The Morgan fingerprint density at radius 2 is 1.89 bits per heavy atom. The summed E-state index contributed by atoms with van der Waals surface area (Å²) in [7, 11) is 0. The Balaban J connectivity index is 2.10. The Kier molecular flexibility index (Phi) is 5.48. The maximum Gasteiger partial charge on any atom is 0.279 e. The number of terminal acetylenes is 1. The van der Waals surface area contributed by atoms with E-state index < -0.39 is 0 Å². The Morgan fingerprint density at radius 3 is 2.48 bits per heavy atom. The zero-order chi connectivity index (χ0) is 19.8. The van der Waals surface area contributed by atoms with E-state index in [-0.39, 0.29) is 17.9 Å².